The fraction of sp³-hybridized carbons (Fsp3) is 0.500. The molecular weight excluding hydrogens is 253 g/mol. The third-order valence-corrected chi connectivity index (χ3v) is 3.12. The molecule has 1 rings (SSSR count). The number of hydrogen-bond acceptors (Lipinski definition) is 1. The Balaban J connectivity index is 2.69. The third-order valence-electron chi connectivity index (χ3n) is 2.83. The van der Waals surface area contributed by atoms with Crippen molar-refractivity contribution in [1.29, 1.82) is 0 Å². The summed E-state index contributed by atoms with van der Waals surface area (Å²) < 4.78 is 13.0. The van der Waals surface area contributed by atoms with Gasteiger partial charge in [-0.3, -0.25) is 4.79 Å². The average molecular weight is 272 g/mol. The van der Waals surface area contributed by atoms with E-state index in [4.69, 9.17) is 11.6 Å². The van der Waals surface area contributed by atoms with Crippen molar-refractivity contribution in [2.75, 3.05) is 5.32 Å². The van der Waals surface area contributed by atoms with Crippen LogP contribution in [0.4, 0.5) is 10.1 Å². The predicted octanol–water partition coefficient (Wildman–Crippen LogP) is 4.63. The highest BCUT2D eigenvalue weighted by atomic mass is 35.5. The van der Waals surface area contributed by atoms with Crippen molar-refractivity contribution in [2.45, 2.75) is 39.5 Å². The van der Waals surface area contributed by atoms with Crippen molar-refractivity contribution in [2.24, 2.45) is 5.92 Å². The van der Waals surface area contributed by atoms with E-state index in [0.717, 1.165) is 25.7 Å². The molecule has 0 heterocycles. The van der Waals surface area contributed by atoms with Crippen molar-refractivity contribution < 1.29 is 9.18 Å². The molecule has 0 radical (unpaired) electrons. The highest BCUT2D eigenvalue weighted by Crippen LogP contribution is 2.21. The van der Waals surface area contributed by atoms with E-state index in [1.165, 1.54) is 18.2 Å². The lowest BCUT2D eigenvalue weighted by atomic mass is 9.97. The van der Waals surface area contributed by atoms with Crippen molar-refractivity contribution in [3.05, 3.63) is 29.0 Å². The number of carbonyl (C=O) groups is 1. The zero-order valence-corrected chi connectivity index (χ0v) is 11.6. The molecule has 1 aromatic carbocycles. The number of benzene rings is 1. The topological polar surface area (TPSA) is 29.1 Å². The summed E-state index contributed by atoms with van der Waals surface area (Å²) >= 11 is 5.67. The van der Waals surface area contributed by atoms with Crippen LogP contribution in [0.1, 0.15) is 39.5 Å². The van der Waals surface area contributed by atoms with Crippen LogP contribution in [0.3, 0.4) is 0 Å². The summed E-state index contributed by atoms with van der Waals surface area (Å²) in [5, 5.41) is 2.81. The Morgan fingerprint density at radius 3 is 2.44 bits per heavy atom. The first-order valence-corrected chi connectivity index (χ1v) is 6.72. The molecule has 0 bridgehead atoms. The van der Waals surface area contributed by atoms with Gasteiger partial charge in [0.2, 0.25) is 5.91 Å². The van der Waals surface area contributed by atoms with Gasteiger partial charge in [-0.15, -0.1) is 0 Å². The normalized spacial score (nSPS) is 10.7. The molecule has 0 aliphatic heterocycles. The summed E-state index contributed by atoms with van der Waals surface area (Å²) in [6.45, 7) is 4.12. The molecule has 4 heteroatoms. The molecule has 0 unspecified atom stereocenters. The minimum atomic E-state index is -0.478. The monoisotopic (exact) mass is 271 g/mol. The van der Waals surface area contributed by atoms with E-state index in [9.17, 15) is 9.18 Å². The van der Waals surface area contributed by atoms with Crippen LogP contribution in [0.15, 0.2) is 18.2 Å². The Bertz CT molecular complexity index is 403. The molecule has 2 nitrogen and oxygen atoms in total. The summed E-state index contributed by atoms with van der Waals surface area (Å²) in [6.07, 6.45) is 3.69. The van der Waals surface area contributed by atoms with E-state index < -0.39 is 5.82 Å². The number of rotatable bonds is 6. The first-order chi connectivity index (χ1) is 8.58. The van der Waals surface area contributed by atoms with E-state index in [1.807, 2.05) is 0 Å². The highest BCUT2D eigenvalue weighted by molar-refractivity contribution is 6.31. The second-order valence-corrected chi connectivity index (χ2v) is 4.80. The molecule has 0 aliphatic carbocycles. The van der Waals surface area contributed by atoms with Gasteiger partial charge in [-0.25, -0.2) is 4.39 Å². The van der Waals surface area contributed by atoms with Crippen LogP contribution in [-0.2, 0) is 4.79 Å². The Morgan fingerprint density at radius 1 is 1.33 bits per heavy atom. The van der Waals surface area contributed by atoms with Crippen LogP contribution in [0.5, 0.6) is 0 Å². The van der Waals surface area contributed by atoms with E-state index in [0.29, 0.717) is 5.69 Å². The van der Waals surface area contributed by atoms with E-state index in [1.54, 1.807) is 0 Å². The minimum absolute atomic E-state index is 0.0126. The zero-order chi connectivity index (χ0) is 13.5. The van der Waals surface area contributed by atoms with Gasteiger partial charge in [-0.2, -0.15) is 0 Å². The molecule has 0 aliphatic rings. The number of amides is 1. The lowest BCUT2D eigenvalue weighted by molar-refractivity contribution is -0.120. The van der Waals surface area contributed by atoms with Crippen LogP contribution >= 0.6 is 11.6 Å². The minimum Gasteiger partial charge on any atom is -0.326 e. The molecule has 18 heavy (non-hydrogen) atoms. The maximum atomic E-state index is 13.0. The summed E-state index contributed by atoms with van der Waals surface area (Å²) in [5.74, 6) is -0.474. The molecule has 0 spiro atoms. The molecule has 0 aromatic heterocycles. The lowest BCUT2D eigenvalue weighted by Gasteiger charge is -2.15. The van der Waals surface area contributed by atoms with Gasteiger partial charge in [-0.1, -0.05) is 38.3 Å². The smallest absolute Gasteiger partial charge is 0.227 e. The van der Waals surface area contributed by atoms with Crippen LogP contribution < -0.4 is 5.32 Å². The molecular formula is C14H19ClFNO. The lowest BCUT2D eigenvalue weighted by Crippen LogP contribution is -2.22. The van der Waals surface area contributed by atoms with Gasteiger partial charge in [0, 0.05) is 11.6 Å². The zero-order valence-electron chi connectivity index (χ0n) is 10.8. The van der Waals surface area contributed by atoms with Gasteiger partial charge in [-0.05, 0) is 31.0 Å². The highest BCUT2D eigenvalue weighted by Gasteiger charge is 2.16. The van der Waals surface area contributed by atoms with E-state index >= 15 is 0 Å². The molecule has 1 N–H and O–H groups in total. The van der Waals surface area contributed by atoms with Crippen LogP contribution in [0.25, 0.3) is 0 Å². The summed E-state index contributed by atoms with van der Waals surface area (Å²) in [7, 11) is 0. The maximum absolute atomic E-state index is 13.0. The number of anilines is 1. The predicted molar refractivity (Wildman–Crippen MR) is 73.3 cm³/mol. The van der Waals surface area contributed by atoms with Crippen LogP contribution in [0, 0.1) is 11.7 Å². The first-order valence-electron chi connectivity index (χ1n) is 6.34. The Labute approximate surface area is 113 Å². The van der Waals surface area contributed by atoms with E-state index in [2.05, 4.69) is 19.2 Å². The van der Waals surface area contributed by atoms with Gasteiger partial charge in [0.1, 0.15) is 5.82 Å². The quantitative estimate of drug-likeness (QED) is 0.803. The number of carbonyl (C=O) groups excluding carboxylic acids is 1. The van der Waals surface area contributed by atoms with Gasteiger partial charge < -0.3 is 5.32 Å². The third kappa shape index (κ3) is 4.30. The fourth-order valence-electron chi connectivity index (χ4n) is 1.92. The summed E-state index contributed by atoms with van der Waals surface area (Å²) in [5.41, 5.74) is 0.545. The molecule has 0 fully saturated rings. The molecule has 1 aromatic rings. The van der Waals surface area contributed by atoms with Gasteiger partial charge in [0.05, 0.1) is 5.02 Å². The van der Waals surface area contributed by atoms with E-state index in [-0.39, 0.29) is 16.8 Å². The first kappa shape index (κ1) is 15.0. The fourth-order valence-corrected chi connectivity index (χ4v) is 2.10. The molecule has 0 saturated carbocycles. The number of nitrogens with one attached hydrogen (secondary N) is 1. The molecule has 0 saturated heterocycles. The standard InChI is InChI=1S/C14H19ClFNO/c1-3-5-10(6-4-2)14(18)17-11-7-8-13(16)12(15)9-11/h7-10H,3-6H2,1-2H3,(H,17,18). The second-order valence-electron chi connectivity index (χ2n) is 4.39. The molecule has 100 valence electrons. The van der Waals surface area contributed by atoms with Gasteiger partial charge >= 0.3 is 0 Å². The summed E-state index contributed by atoms with van der Waals surface area (Å²) in [6, 6.07) is 4.21. The second kappa shape index (κ2) is 7.37. The van der Waals surface area contributed by atoms with Gasteiger partial charge in [0.25, 0.3) is 0 Å². The number of hydrogen-bond donors (Lipinski definition) is 1. The van der Waals surface area contributed by atoms with Crippen molar-refractivity contribution in [3.8, 4) is 0 Å². The largest absolute Gasteiger partial charge is 0.326 e. The Hall–Kier alpha value is -1.09. The van der Waals surface area contributed by atoms with Crippen molar-refractivity contribution >= 4 is 23.2 Å². The summed E-state index contributed by atoms with van der Waals surface area (Å²) in [4.78, 5) is 12.0. The Morgan fingerprint density at radius 2 is 1.94 bits per heavy atom. The molecule has 0 atom stereocenters. The van der Waals surface area contributed by atoms with Crippen molar-refractivity contribution in [1.82, 2.24) is 0 Å². The SMILES string of the molecule is CCCC(CCC)C(=O)Nc1ccc(F)c(Cl)c1. The maximum Gasteiger partial charge on any atom is 0.227 e. The number of halogens is 2. The van der Waals surface area contributed by atoms with Crippen LogP contribution in [-0.4, -0.2) is 5.91 Å². The molecule has 1 amide bonds. The Kier molecular flexibility index (Phi) is 6.13. The average Bonchev–Trinajstić information content (AvgIpc) is 2.33. The van der Waals surface area contributed by atoms with Crippen molar-refractivity contribution in [3.63, 3.8) is 0 Å². The van der Waals surface area contributed by atoms with Crippen LogP contribution in [0.2, 0.25) is 5.02 Å². The van der Waals surface area contributed by atoms with Gasteiger partial charge in [0.15, 0.2) is 0 Å².